The molecule has 0 spiro atoms. The largest absolute Gasteiger partial charge is 0.493 e. The van der Waals surface area contributed by atoms with E-state index < -0.39 is 0 Å². The number of carbonyl (C=O) groups excluding carboxylic acids is 1. The van der Waals surface area contributed by atoms with Crippen molar-refractivity contribution >= 4 is 16.8 Å². The first-order valence-corrected chi connectivity index (χ1v) is 9.24. The van der Waals surface area contributed by atoms with Crippen LogP contribution in [0, 0.1) is 0 Å². The first-order chi connectivity index (χ1) is 13.5. The van der Waals surface area contributed by atoms with Crippen LogP contribution in [-0.2, 0) is 11.8 Å². The molecule has 3 aromatic rings. The molecule has 1 unspecified atom stereocenters. The van der Waals surface area contributed by atoms with Gasteiger partial charge in [0.25, 0.3) is 5.91 Å². The number of likely N-dealkylation sites (N-methyl/N-ethyl adjacent to an activating group) is 1. The summed E-state index contributed by atoms with van der Waals surface area (Å²) in [6.07, 6.45) is 2.13. The average molecular weight is 381 g/mol. The fraction of sp³-hybridized carbons (Fsp3) is 0.318. The second kappa shape index (κ2) is 8.80. The van der Waals surface area contributed by atoms with E-state index in [1.807, 2.05) is 45.4 Å². The van der Waals surface area contributed by atoms with Crippen LogP contribution in [-0.4, -0.2) is 49.7 Å². The second-order valence-electron chi connectivity index (χ2n) is 6.94. The molecule has 28 heavy (non-hydrogen) atoms. The molecule has 0 bridgehead atoms. The third-order valence-electron chi connectivity index (χ3n) is 4.83. The van der Waals surface area contributed by atoms with E-state index in [2.05, 4.69) is 33.1 Å². The summed E-state index contributed by atoms with van der Waals surface area (Å²) in [6.45, 7) is 0.436. The molecule has 0 aliphatic carbocycles. The number of para-hydroxylation sites is 3. The Morgan fingerprint density at radius 1 is 1.11 bits per heavy atom. The third kappa shape index (κ3) is 4.28. The predicted octanol–water partition coefficient (Wildman–Crippen LogP) is 2.98. The van der Waals surface area contributed by atoms with Crippen molar-refractivity contribution in [3.8, 4) is 11.5 Å². The molecule has 1 atom stereocenters. The summed E-state index contributed by atoms with van der Waals surface area (Å²) >= 11 is 0. The van der Waals surface area contributed by atoms with Crippen molar-refractivity contribution in [2.75, 3.05) is 34.4 Å². The number of rotatable bonds is 8. The maximum absolute atomic E-state index is 12.3. The zero-order chi connectivity index (χ0) is 20.1. The Bertz CT molecular complexity index is 949. The summed E-state index contributed by atoms with van der Waals surface area (Å²) in [5.41, 5.74) is 2.37. The summed E-state index contributed by atoms with van der Waals surface area (Å²) < 4.78 is 13.0. The van der Waals surface area contributed by atoms with Gasteiger partial charge in [-0.15, -0.1) is 0 Å². The number of hydrogen-bond acceptors (Lipinski definition) is 4. The molecule has 0 aliphatic rings. The number of ether oxygens (including phenoxy) is 2. The second-order valence-corrected chi connectivity index (χ2v) is 6.94. The summed E-state index contributed by atoms with van der Waals surface area (Å²) in [6, 6.07) is 15.6. The minimum Gasteiger partial charge on any atom is -0.493 e. The number of amides is 1. The van der Waals surface area contributed by atoms with Crippen LogP contribution in [0.1, 0.15) is 11.6 Å². The van der Waals surface area contributed by atoms with Gasteiger partial charge in [0.2, 0.25) is 0 Å². The fourth-order valence-electron chi connectivity index (χ4n) is 3.35. The molecule has 6 nitrogen and oxygen atoms in total. The number of nitrogens with one attached hydrogen (secondary N) is 1. The standard InChI is InChI=1S/C22H27N3O3/c1-24(2)19(17-14-25(3)18-10-6-5-9-16(17)18)13-23-22(26)15-28-21-12-8-7-11-20(21)27-4/h5-12,14,19H,13,15H2,1-4H3,(H,23,26). The average Bonchev–Trinajstić information content (AvgIpc) is 3.03. The van der Waals surface area contributed by atoms with Gasteiger partial charge >= 0.3 is 0 Å². The number of aromatic nitrogens is 1. The summed E-state index contributed by atoms with van der Waals surface area (Å²) in [5, 5.41) is 4.19. The lowest BCUT2D eigenvalue weighted by Crippen LogP contribution is -2.36. The lowest BCUT2D eigenvalue weighted by atomic mass is 10.0. The number of nitrogens with zero attached hydrogens (tertiary/aromatic N) is 2. The molecule has 0 aliphatic heterocycles. The smallest absolute Gasteiger partial charge is 0.258 e. The van der Waals surface area contributed by atoms with Crippen molar-refractivity contribution in [1.82, 2.24) is 14.8 Å². The van der Waals surface area contributed by atoms with Gasteiger partial charge < -0.3 is 24.3 Å². The molecular formula is C22H27N3O3. The third-order valence-corrected chi connectivity index (χ3v) is 4.83. The van der Waals surface area contributed by atoms with E-state index in [1.54, 1.807) is 19.2 Å². The van der Waals surface area contributed by atoms with Crippen molar-refractivity contribution in [3.05, 3.63) is 60.3 Å². The van der Waals surface area contributed by atoms with Gasteiger partial charge in [0.1, 0.15) is 0 Å². The Balaban J connectivity index is 1.66. The monoisotopic (exact) mass is 381 g/mol. The van der Waals surface area contributed by atoms with Crippen LogP contribution in [0.5, 0.6) is 11.5 Å². The first-order valence-electron chi connectivity index (χ1n) is 9.24. The Kier molecular flexibility index (Phi) is 6.21. The lowest BCUT2D eigenvalue weighted by Gasteiger charge is -2.24. The van der Waals surface area contributed by atoms with Crippen LogP contribution in [0.2, 0.25) is 0 Å². The lowest BCUT2D eigenvalue weighted by molar-refractivity contribution is -0.123. The van der Waals surface area contributed by atoms with Crippen molar-refractivity contribution in [2.24, 2.45) is 7.05 Å². The van der Waals surface area contributed by atoms with Crippen molar-refractivity contribution in [3.63, 3.8) is 0 Å². The van der Waals surface area contributed by atoms with E-state index in [4.69, 9.17) is 9.47 Å². The van der Waals surface area contributed by atoms with Crippen LogP contribution in [0.15, 0.2) is 54.7 Å². The number of fused-ring (bicyclic) bond motifs is 1. The topological polar surface area (TPSA) is 55.7 Å². The van der Waals surface area contributed by atoms with E-state index in [-0.39, 0.29) is 18.6 Å². The number of hydrogen-bond donors (Lipinski definition) is 1. The molecule has 6 heteroatoms. The summed E-state index contributed by atoms with van der Waals surface area (Å²) in [7, 11) is 7.65. The number of benzene rings is 2. The minimum atomic E-state index is -0.169. The number of aryl methyl sites for hydroxylation is 1. The minimum absolute atomic E-state index is 0.0568. The van der Waals surface area contributed by atoms with E-state index in [0.29, 0.717) is 18.0 Å². The first kappa shape index (κ1) is 19.8. The Hall–Kier alpha value is -2.99. The van der Waals surface area contributed by atoms with E-state index in [0.717, 1.165) is 0 Å². The van der Waals surface area contributed by atoms with Gasteiger partial charge in [-0.05, 0) is 37.9 Å². The van der Waals surface area contributed by atoms with E-state index >= 15 is 0 Å². The maximum Gasteiger partial charge on any atom is 0.258 e. The highest BCUT2D eigenvalue weighted by Gasteiger charge is 2.20. The molecule has 0 radical (unpaired) electrons. The summed E-state index contributed by atoms with van der Waals surface area (Å²) in [5.74, 6) is 0.994. The van der Waals surface area contributed by atoms with Crippen LogP contribution >= 0.6 is 0 Å². The van der Waals surface area contributed by atoms with Gasteiger partial charge in [0.15, 0.2) is 18.1 Å². The zero-order valence-corrected chi connectivity index (χ0v) is 16.8. The molecule has 0 saturated carbocycles. The van der Waals surface area contributed by atoms with Crippen LogP contribution in [0.25, 0.3) is 10.9 Å². The van der Waals surface area contributed by atoms with Gasteiger partial charge in [-0.25, -0.2) is 0 Å². The normalized spacial score (nSPS) is 12.2. The number of methoxy groups -OCH3 is 1. The molecular weight excluding hydrogens is 354 g/mol. The van der Waals surface area contributed by atoms with Gasteiger partial charge in [-0.3, -0.25) is 4.79 Å². The highest BCUT2D eigenvalue weighted by molar-refractivity contribution is 5.84. The van der Waals surface area contributed by atoms with Crippen molar-refractivity contribution in [2.45, 2.75) is 6.04 Å². The summed E-state index contributed by atoms with van der Waals surface area (Å²) in [4.78, 5) is 14.5. The number of carbonyl (C=O) groups is 1. The van der Waals surface area contributed by atoms with Crippen LogP contribution in [0.4, 0.5) is 0 Å². The molecule has 2 aromatic carbocycles. The molecule has 0 saturated heterocycles. The molecule has 148 valence electrons. The molecule has 1 N–H and O–H groups in total. The molecule has 3 rings (SSSR count). The van der Waals surface area contributed by atoms with Gasteiger partial charge in [0.05, 0.1) is 13.2 Å². The highest BCUT2D eigenvalue weighted by Crippen LogP contribution is 2.28. The van der Waals surface area contributed by atoms with E-state index in [1.165, 1.54) is 16.5 Å². The fourth-order valence-corrected chi connectivity index (χ4v) is 3.35. The molecule has 1 aromatic heterocycles. The van der Waals surface area contributed by atoms with Gasteiger partial charge in [-0.2, -0.15) is 0 Å². The molecule has 0 fully saturated rings. The van der Waals surface area contributed by atoms with Crippen molar-refractivity contribution in [1.29, 1.82) is 0 Å². The quantitative estimate of drug-likeness (QED) is 0.652. The molecule has 1 heterocycles. The van der Waals surface area contributed by atoms with E-state index in [9.17, 15) is 4.79 Å². The Labute approximate surface area is 165 Å². The van der Waals surface area contributed by atoms with Gasteiger partial charge in [0, 0.05) is 30.7 Å². The SMILES string of the molecule is COc1ccccc1OCC(=O)NCC(c1cn(C)c2ccccc12)N(C)C. The maximum atomic E-state index is 12.3. The predicted molar refractivity (Wildman–Crippen MR) is 111 cm³/mol. The Morgan fingerprint density at radius 3 is 2.50 bits per heavy atom. The van der Waals surface area contributed by atoms with Crippen LogP contribution in [0.3, 0.4) is 0 Å². The highest BCUT2D eigenvalue weighted by atomic mass is 16.5. The molecule has 1 amide bonds. The zero-order valence-electron chi connectivity index (χ0n) is 16.8. The Morgan fingerprint density at radius 2 is 1.79 bits per heavy atom. The van der Waals surface area contributed by atoms with Gasteiger partial charge in [-0.1, -0.05) is 30.3 Å². The van der Waals surface area contributed by atoms with Crippen molar-refractivity contribution < 1.29 is 14.3 Å². The van der Waals surface area contributed by atoms with Crippen LogP contribution < -0.4 is 14.8 Å².